The van der Waals surface area contributed by atoms with Gasteiger partial charge in [-0.25, -0.2) is 4.39 Å². The van der Waals surface area contributed by atoms with E-state index in [-0.39, 0.29) is 11.1 Å². The van der Waals surface area contributed by atoms with Crippen LogP contribution in [-0.2, 0) is 4.74 Å². The standard InChI is InChI=1S/C22H35FN2OS/c1-17-12-18(14-22(2,3)13-17)26-16-19(27)15-24-8-10-25(11-9-24)21-7-5-4-6-20(21)23/h4-7,17-19,27H,8-16H2,1-3H3/t17-,18+,19+/m1/s1. The first kappa shape index (κ1) is 20.9. The van der Waals surface area contributed by atoms with E-state index in [0.717, 1.165) is 50.7 Å². The number of thiol groups is 1. The van der Waals surface area contributed by atoms with Crippen LogP contribution < -0.4 is 4.90 Å². The predicted molar refractivity (Wildman–Crippen MR) is 114 cm³/mol. The number of benzene rings is 1. The molecule has 1 aromatic carbocycles. The van der Waals surface area contributed by atoms with Gasteiger partial charge in [0.1, 0.15) is 5.82 Å². The minimum atomic E-state index is -0.129. The van der Waals surface area contributed by atoms with Crippen molar-refractivity contribution >= 4 is 18.3 Å². The van der Waals surface area contributed by atoms with E-state index in [9.17, 15) is 4.39 Å². The van der Waals surface area contributed by atoms with E-state index in [1.54, 1.807) is 6.07 Å². The van der Waals surface area contributed by atoms with Crippen LogP contribution in [0.2, 0.25) is 0 Å². The van der Waals surface area contributed by atoms with Crippen LogP contribution in [0, 0.1) is 17.2 Å². The van der Waals surface area contributed by atoms with Crippen LogP contribution in [0.5, 0.6) is 0 Å². The van der Waals surface area contributed by atoms with Crippen LogP contribution in [0.3, 0.4) is 0 Å². The van der Waals surface area contributed by atoms with Crippen LogP contribution in [0.4, 0.5) is 10.1 Å². The Bertz CT molecular complexity index is 604. The Balaban J connectivity index is 1.39. The second kappa shape index (κ2) is 9.15. The third-order valence-corrected chi connectivity index (χ3v) is 6.22. The highest BCUT2D eigenvalue weighted by Crippen LogP contribution is 2.39. The predicted octanol–water partition coefficient (Wildman–Crippen LogP) is 4.48. The topological polar surface area (TPSA) is 15.7 Å². The van der Waals surface area contributed by atoms with Crippen molar-refractivity contribution in [2.75, 3.05) is 44.2 Å². The van der Waals surface area contributed by atoms with Gasteiger partial charge in [0.15, 0.2) is 0 Å². The Morgan fingerprint density at radius 2 is 1.89 bits per heavy atom. The Kier molecular flexibility index (Phi) is 7.09. The lowest BCUT2D eigenvalue weighted by Crippen LogP contribution is -2.48. The molecular formula is C22H35FN2OS. The molecule has 3 atom stereocenters. The van der Waals surface area contributed by atoms with Crippen LogP contribution >= 0.6 is 12.6 Å². The van der Waals surface area contributed by atoms with E-state index in [0.29, 0.717) is 18.1 Å². The van der Waals surface area contributed by atoms with E-state index >= 15 is 0 Å². The van der Waals surface area contributed by atoms with Crippen molar-refractivity contribution in [1.82, 2.24) is 4.90 Å². The summed E-state index contributed by atoms with van der Waals surface area (Å²) in [6.45, 7) is 12.3. The minimum absolute atomic E-state index is 0.129. The van der Waals surface area contributed by atoms with Crippen LogP contribution in [0.25, 0.3) is 0 Å². The third kappa shape index (κ3) is 6.10. The van der Waals surface area contributed by atoms with Gasteiger partial charge in [0.2, 0.25) is 0 Å². The summed E-state index contributed by atoms with van der Waals surface area (Å²) < 4.78 is 20.2. The van der Waals surface area contributed by atoms with Gasteiger partial charge in [0.25, 0.3) is 0 Å². The summed E-state index contributed by atoms with van der Waals surface area (Å²) in [5.74, 6) is 0.611. The lowest BCUT2D eigenvalue weighted by molar-refractivity contribution is -0.0237. The summed E-state index contributed by atoms with van der Waals surface area (Å²) in [6.07, 6.45) is 3.99. The molecule has 2 aliphatic rings. The molecule has 1 saturated heterocycles. The molecule has 2 fully saturated rings. The summed E-state index contributed by atoms with van der Waals surface area (Å²) in [5, 5.41) is 0.227. The molecule has 0 N–H and O–H groups in total. The van der Waals surface area contributed by atoms with Gasteiger partial charge >= 0.3 is 0 Å². The highest BCUT2D eigenvalue weighted by Gasteiger charge is 2.32. The van der Waals surface area contributed by atoms with Gasteiger partial charge in [-0.15, -0.1) is 0 Å². The zero-order chi connectivity index (χ0) is 19.4. The van der Waals surface area contributed by atoms with Crippen LogP contribution in [0.1, 0.15) is 40.0 Å². The van der Waals surface area contributed by atoms with Crippen molar-refractivity contribution in [3.63, 3.8) is 0 Å². The number of ether oxygens (including phenoxy) is 1. The number of hydrogen-bond acceptors (Lipinski definition) is 4. The fourth-order valence-electron chi connectivity index (χ4n) is 4.86. The lowest BCUT2D eigenvalue weighted by atomic mass is 9.71. The molecule has 0 radical (unpaired) electrons. The largest absolute Gasteiger partial charge is 0.377 e. The average molecular weight is 395 g/mol. The average Bonchev–Trinajstić information content (AvgIpc) is 2.60. The maximum Gasteiger partial charge on any atom is 0.146 e. The Morgan fingerprint density at radius 3 is 2.56 bits per heavy atom. The van der Waals surface area contributed by atoms with Crippen molar-refractivity contribution in [3.8, 4) is 0 Å². The van der Waals surface area contributed by atoms with E-state index < -0.39 is 0 Å². The molecule has 3 rings (SSSR count). The number of rotatable bonds is 6. The van der Waals surface area contributed by atoms with Crippen molar-refractivity contribution in [2.45, 2.75) is 51.4 Å². The van der Waals surface area contributed by atoms with Gasteiger partial charge in [0.05, 0.1) is 18.4 Å². The molecule has 0 unspecified atom stereocenters. The first-order valence-corrected chi connectivity index (χ1v) is 10.9. The summed E-state index contributed by atoms with van der Waals surface area (Å²) in [4.78, 5) is 4.56. The molecule has 5 heteroatoms. The van der Waals surface area contributed by atoms with Gasteiger partial charge in [-0.3, -0.25) is 4.90 Å². The van der Waals surface area contributed by atoms with Crippen LogP contribution in [0.15, 0.2) is 24.3 Å². The Labute approximate surface area is 169 Å². The number of halogens is 1. The monoisotopic (exact) mass is 394 g/mol. The normalized spacial score (nSPS) is 27.5. The van der Waals surface area contributed by atoms with Gasteiger partial charge in [0, 0.05) is 38.0 Å². The molecule has 1 heterocycles. The molecule has 0 bridgehead atoms. The van der Waals surface area contributed by atoms with Crippen molar-refractivity contribution in [2.24, 2.45) is 11.3 Å². The molecule has 1 aliphatic carbocycles. The Morgan fingerprint density at radius 1 is 1.19 bits per heavy atom. The van der Waals surface area contributed by atoms with E-state index in [1.807, 2.05) is 12.1 Å². The third-order valence-electron chi connectivity index (χ3n) is 5.91. The Hall–Kier alpha value is -0.780. The second-order valence-electron chi connectivity index (χ2n) is 9.26. The van der Waals surface area contributed by atoms with Crippen LogP contribution in [-0.4, -0.2) is 55.6 Å². The number of para-hydroxylation sites is 1. The van der Waals surface area contributed by atoms with E-state index in [2.05, 4.69) is 30.6 Å². The zero-order valence-electron chi connectivity index (χ0n) is 17.0. The number of hydrogen-bond donors (Lipinski definition) is 1. The molecule has 0 amide bonds. The molecule has 0 spiro atoms. The number of anilines is 1. The molecule has 1 aliphatic heterocycles. The molecule has 1 aromatic rings. The van der Waals surface area contributed by atoms with E-state index in [1.165, 1.54) is 18.9 Å². The summed E-state index contributed by atoms with van der Waals surface area (Å²) in [7, 11) is 0. The van der Waals surface area contributed by atoms with Gasteiger partial charge < -0.3 is 9.64 Å². The molecule has 152 valence electrons. The van der Waals surface area contributed by atoms with Crippen molar-refractivity contribution in [1.29, 1.82) is 0 Å². The SMILES string of the molecule is C[C@@H]1C[C@H](OC[C@@H](S)CN2CCN(c3ccccc3F)CC2)CC(C)(C)C1. The smallest absolute Gasteiger partial charge is 0.146 e. The second-order valence-corrected chi connectivity index (χ2v) is 9.99. The van der Waals surface area contributed by atoms with Gasteiger partial charge in [-0.2, -0.15) is 12.6 Å². The van der Waals surface area contributed by atoms with Gasteiger partial charge in [-0.05, 0) is 42.7 Å². The summed E-state index contributed by atoms with van der Waals surface area (Å²) in [6, 6.07) is 7.05. The lowest BCUT2D eigenvalue weighted by Gasteiger charge is -2.39. The number of piperazine rings is 1. The molecule has 27 heavy (non-hydrogen) atoms. The summed E-state index contributed by atoms with van der Waals surface area (Å²) >= 11 is 4.77. The molecular weight excluding hydrogens is 359 g/mol. The molecule has 3 nitrogen and oxygen atoms in total. The highest BCUT2D eigenvalue weighted by atomic mass is 32.1. The summed E-state index contributed by atoms with van der Waals surface area (Å²) in [5.41, 5.74) is 1.11. The number of nitrogens with zero attached hydrogens (tertiary/aromatic N) is 2. The van der Waals surface area contributed by atoms with Crippen molar-refractivity contribution < 1.29 is 9.13 Å². The quantitative estimate of drug-likeness (QED) is 0.717. The fraction of sp³-hybridized carbons (Fsp3) is 0.727. The fourth-order valence-corrected chi connectivity index (χ4v) is 5.18. The van der Waals surface area contributed by atoms with Crippen molar-refractivity contribution in [3.05, 3.63) is 30.1 Å². The zero-order valence-corrected chi connectivity index (χ0v) is 17.9. The maximum atomic E-state index is 14.0. The maximum absolute atomic E-state index is 14.0. The first-order chi connectivity index (χ1) is 12.8. The highest BCUT2D eigenvalue weighted by molar-refractivity contribution is 7.81. The molecule has 0 aromatic heterocycles. The van der Waals surface area contributed by atoms with Gasteiger partial charge in [-0.1, -0.05) is 32.9 Å². The van der Waals surface area contributed by atoms with E-state index in [4.69, 9.17) is 17.4 Å². The minimum Gasteiger partial charge on any atom is -0.377 e. The molecule has 1 saturated carbocycles. The first-order valence-electron chi connectivity index (χ1n) is 10.3.